The van der Waals surface area contributed by atoms with E-state index in [9.17, 15) is 0 Å². The monoisotopic (exact) mass is 897 g/mol. The summed E-state index contributed by atoms with van der Waals surface area (Å²) in [6.07, 6.45) is 8.92. The predicted octanol–water partition coefficient (Wildman–Crippen LogP) is 19.1. The number of rotatable bonds is 10. The lowest BCUT2D eigenvalue weighted by molar-refractivity contribution is 1.09. The van der Waals surface area contributed by atoms with E-state index in [0.717, 1.165) is 0 Å². The smallest absolute Gasteiger partial charge is 0.0525 e. The fourth-order valence-electron chi connectivity index (χ4n) is 10.6. The zero-order valence-electron chi connectivity index (χ0n) is 45.1. The summed E-state index contributed by atoms with van der Waals surface area (Å²) in [6, 6.07) is 27.0. The van der Waals surface area contributed by atoms with Gasteiger partial charge in [-0.05, 0) is 302 Å². The molecular weight excluding hydrogens is 821 g/mol. The standard InChI is InChI=1S/C66H76N2/c1-37-41(5)49(13)63(50(14)42(37)6)67(64-51(15)43(7)38(2)44(8)52(64)16)61-32-28-57(29-33-61)24-26-59-22-21-23-60(36-59)27-25-58-30-34-62(35-31-58)68(65-53(17)45(9)39(3)46(10)54(65)18)66-55(19)47(11)40(4)48(12)56(66)20/h21-36H,1-20H3/b26-24+,27-25+. The summed E-state index contributed by atoms with van der Waals surface area (Å²) in [7, 11) is 0. The minimum Gasteiger partial charge on any atom is -0.309 e. The normalized spacial score (nSPS) is 11.7. The Kier molecular flexibility index (Phi) is 14.1. The van der Waals surface area contributed by atoms with Crippen molar-refractivity contribution in [1.29, 1.82) is 0 Å². The molecule has 0 unspecified atom stereocenters. The van der Waals surface area contributed by atoms with E-state index in [4.69, 9.17) is 0 Å². The van der Waals surface area contributed by atoms with Crippen molar-refractivity contribution in [3.63, 3.8) is 0 Å². The van der Waals surface area contributed by atoms with Gasteiger partial charge in [-0.15, -0.1) is 0 Å². The van der Waals surface area contributed by atoms with Gasteiger partial charge in [0.25, 0.3) is 0 Å². The predicted molar refractivity (Wildman–Crippen MR) is 301 cm³/mol. The van der Waals surface area contributed by atoms with E-state index < -0.39 is 0 Å². The van der Waals surface area contributed by atoms with Crippen LogP contribution in [-0.4, -0.2) is 0 Å². The Labute approximate surface area is 411 Å². The maximum absolute atomic E-state index is 2.54. The van der Waals surface area contributed by atoms with E-state index >= 15 is 0 Å². The maximum atomic E-state index is 2.54. The molecule has 2 nitrogen and oxygen atoms in total. The molecule has 0 heterocycles. The highest BCUT2D eigenvalue weighted by molar-refractivity contribution is 5.89. The van der Waals surface area contributed by atoms with Gasteiger partial charge in [-0.25, -0.2) is 0 Å². The Morgan fingerprint density at radius 3 is 0.632 bits per heavy atom. The van der Waals surface area contributed by atoms with Gasteiger partial charge >= 0.3 is 0 Å². The first-order valence-corrected chi connectivity index (χ1v) is 24.6. The van der Waals surface area contributed by atoms with Crippen molar-refractivity contribution in [3.8, 4) is 0 Å². The van der Waals surface area contributed by atoms with Gasteiger partial charge in [-0.3, -0.25) is 0 Å². The molecule has 0 aromatic heterocycles. The van der Waals surface area contributed by atoms with Crippen molar-refractivity contribution in [3.05, 3.63) is 206 Å². The number of nitrogens with zero attached hydrogens (tertiary/aromatic N) is 2. The molecule has 0 saturated heterocycles. The van der Waals surface area contributed by atoms with Crippen molar-refractivity contribution in [2.75, 3.05) is 9.80 Å². The van der Waals surface area contributed by atoms with Gasteiger partial charge in [0.15, 0.2) is 0 Å². The second-order valence-corrected chi connectivity index (χ2v) is 20.1. The number of anilines is 6. The van der Waals surface area contributed by atoms with Crippen LogP contribution in [0.15, 0.2) is 72.8 Å². The molecule has 0 aliphatic carbocycles. The zero-order chi connectivity index (χ0) is 49.8. The molecule has 350 valence electrons. The molecular formula is C66H76N2. The Hall–Kier alpha value is -6.38. The molecule has 0 atom stereocenters. The quantitative estimate of drug-likeness (QED) is 0.126. The Morgan fingerprint density at radius 2 is 0.412 bits per heavy atom. The topological polar surface area (TPSA) is 6.48 Å². The van der Waals surface area contributed by atoms with Crippen LogP contribution in [0.2, 0.25) is 0 Å². The number of benzene rings is 7. The third-order valence-electron chi connectivity index (χ3n) is 16.9. The van der Waals surface area contributed by atoms with Crippen LogP contribution in [0.1, 0.15) is 134 Å². The van der Waals surface area contributed by atoms with Crippen LogP contribution < -0.4 is 9.80 Å². The van der Waals surface area contributed by atoms with Crippen LogP contribution in [-0.2, 0) is 0 Å². The fraction of sp³-hybridized carbons (Fsp3) is 0.303. The average Bonchev–Trinajstić information content (AvgIpc) is 3.34. The SMILES string of the molecule is Cc1c(C)c(C)c(N(c2ccc(/C=C/c3cccc(/C=C/c4ccc(N(c5c(C)c(C)c(C)c(C)c5C)c5c(C)c(C)c(C)c(C)c5C)cc4)c3)cc2)c2c(C)c(C)c(C)c(C)c2C)c(C)c1C. The number of hydrogen-bond acceptors (Lipinski definition) is 2. The molecule has 0 radical (unpaired) electrons. The third-order valence-corrected chi connectivity index (χ3v) is 16.9. The van der Waals surface area contributed by atoms with Gasteiger partial charge in [0.05, 0.1) is 22.7 Å². The lowest BCUT2D eigenvalue weighted by Crippen LogP contribution is -2.18. The average molecular weight is 897 g/mol. The first-order valence-electron chi connectivity index (χ1n) is 24.6. The van der Waals surface area contributed by atoms with Gasteiger partial charge in [-0.2, -0.15) is 0 Å². The van der Waals surface area contributed by atoms with Crippen LogP contribution in [0.4, 0.5) is 34.1 Å². The van der Waals surface area contributed by atoms with E-state index in [1.807, 2.05) is 0 Å². The van der Waals surface area contributed by atoms with Crippen molar-refractivity contribution in [2.45, 2.75) is 138 Å². The first-order chi connectivity index (χ1) is 32.1. The molecule has 7 aromatic carbocycles. The largest absolute Gasteiger partial charge is 0.309 e. The Morgan fingerprint density at radius 1 is 0.221 bits per heavy atom. The summed E-state index contributed by atoms with van der Waals surface area (Å²) in [5, 5.41) is 0. The highest BCUT2D eigenvalue weighted by Crippen LogP contribution is 2.48. The highest BCUT2D eigenvalue weighted by Gasteiger charge is 2.27. The third kappa shape index (κ3) is 8.68. The van der Waals surface area contributed by atoms with E-state index in [1.54, 1.807) is 0 Å². The molecule has 0 bridgehead atoms. The summed E-state index contributed by atoms with van der Waals surface area (Å²) in [6.45, 7) is 45.6. The Balaban J connectivity index is 1.18. The zero-order valence-corrected chi connectivity index (χ0v) is 45.1. The molecule has 2 heteroatoms. The molecule has 7 rings (SSSR count). The second-order valence-electron chi connectivity index (χ2n) is 20.1. The van der Waals surface area contributed by atoms with Crippen LogP contribution in [0, 0.1) is 138 Å². The molecule has 0 aliphatic rings. The summed E-state index contributed by atoms with van der Waals surface area (Å²) >= 11 is 0. The van der Waals surface area contributed by atoms with E-state index in [2.05, 4.69) is 245 Å². The van der Waals surface area contributed by atoms with Crippen LogP contribution in [0.25, 0.3) is 24.3 Å². The van der Waals surface area contributed by atoms with Crippen LogP contribution in [0.5, 0.6) is 0 Å². The maximum Gasteiger partial charge on any atom is 0.0525 e. The second kappa shape index (κ2) is 19.3. The summed E-state index contributed by atoms with van der Waals surface area (Å²) in [5.74, 6) is 0. The van der Waals surface area contributed by atoms with Crippen molar-refractivity contribution in [2.24, 2.45) is 0 Å². The van der Waals surface area contributed by atoms with E-state index in [0.29, 0.717) is 0 Å². The van der Waals surface area contributed by atoms with E-state index in [1.165, 1.54) is 168 Å². The fourth-order valence-corrected chi connectivity index (χ4v) is 10.6. The van der Waals surface area contributed by atoms with Crippen molar-refractivity contribution >= 4 is 58.4 Å². The van der Waals surface area contributed by atoms with E-state index in [-0.39, 0.29) is 0 Å². The summed E-state index contributed by atoms with van der Waals surface area (Å²) in [5.41, 5.74) is 39.3. The van der Waals surface area contributed by atoms with Gasteiger partial charge < -0.3 is 9.80 Å². The van der Waals surface area contributed by atoms with Crippen molar-refractivity contribution < 1.29 is 0 Å². The van der Waals surface area contributed by atoms with Gasteiger partial charge in [0.1, 0.15) is 0 Å². The minimum absolute atomic E-state index is 1.17. The molecule has 7 aromatic rings. The molecule has 0 N–H and O–H groups in total. The lowest BCUT2D eigenvalue weighted by atomic mass is 9.89. The molecule has 0 fully saturated rings. The molecule has 0 saturated carbocycles. The summed E-state index contributed by atoms with van der Waals surface area (Å²) in [4.78, 5) is 5.09. The summed E-state index contributed by atoms with van der Waals surface area (Å²) < 4.78 is 0. The van der Waals surface area contributed by atoms with Gasteiger partial charge in [-0.1, -0.05) is 66.8 Å². The van der Waals surface area contributed by atoms with Gasteiger partial charge in [0, 0.05) is 11.4 Å². The van der Waals surface area contributed by atoms with Crippen molar-refractivity contribution in [1.82, 2.24) is 0 Å². The van der Waals surface area contributed by atoms with Crippen LogP contribution >= 0.6 is 0 Å². The lowest BCUT2D eigenvalue weighted by Gasteiger charge is -2.35. The first kappa shape index (κ1) is 49.5. The highest BCUT2D eigenvalue weighted by atomic mass is 15.2. The molecule has 0 spiro atoms. The minimum atomic E-state index is 1.17. The molecule has 0 amide bonds. The Bertz CT molecular complexity index is 2720. The van der Waals surface area contributed by atoms with Crippen LogP contribution in [0.3, 0.4) is 0 Å². The molecule has 0 aliphatic heterocycles. The number of hydrogen-bond donors (Lipinski definition) is 0. The van der Waals surface area contributed by atoms with Gasteiger partial charge in [0.2, 0.25) is 0 Å². The molecule has 68 heavy (non-hydrogen) atoms.